The molecule has 0 aliphatic rings. The van der Waals surface area contributed by atoms with Gasteiger partial charge in [0.2, 0.25) is 0 Å². The maximum absolute atomic E-state index is 5.94. The SMILES string of the molecule is Cc1cccc(N)c1Oc1ccc2cccnc2c1. The minimum atomic E-state index is 0.640. The average molecular weight is 250 g/mol. The molecule has 3 rings (SSSR count). The molecule has 19 heavy (non-hydrogen) atoms. The van der Waals surface area contributed by atoms with Crippen LogP contribution in [0.1, 0.15) is 5.56 Å². The maximum atomic E-state index is 5.94. The first-order valence-electron chi connectivity index (χ1n) is 6.12. The van der Waals surface area contributed by atoms with E-state index >= 15 is 0 Å². The largest absolute Gasteiger partial charge is 0.455 e. The van der Waals surface area contributed by atoms with Crippen LogP contribution in [-0.2, 0) is 0 Å². The van der Waals surface area contributed by atoms with Crippen molar-refractivity contribution < 1.29 is 4.74 Å². The normalized spacial score (nSPS) is 10.6. The lowest BCUT2D eigenvalue weighted by Gasteiger charge is -2.11. The quantitative estimate of drug-likeness (QED) is 0.701. The van der Waals surface area contributed by atoms with Gasteiger partial charge in [0.1, 0.15) is 5.75 Å². The number of nitrogen functional groups attached to an aromatic ring is 1. The number of nitrogens with zero attached hydrogens (tertiary/aromatic N) is 1. The fraction of sp³-hybridized carbons (Fsp3) is 0.0625. The molecule has 2 N–H and O–H groups in total. The third-order valence-corrected chi connectivity index (χ3v) is 3.04. The van der Waals surface area contributed by atoms with Crippen molar-refractivity contribution in [3.63, 3.8) is 0 Å². The molecule has 94 valence electrons. The summed E-state index contributed by atoms with van der Waals surface area (Å²) in [5, 5.41) is 1.09. The molecule has 3 heteroatoms. The Kier molecular flexibility index (Phi) is 2.80. The highest BCUT2D eigenvalue weighted by Crippen LogP contribution is 2.31. The lowest BCUT2D eigenvalue weighted by atomic mass is 10.2. The Bertz CT molecular complexity index is 717. The predicted molar refractivity (Wildman–Crippen MR) is 77.4 cm³/mol. The van der Waals surface area contributed by atoms with Gasteiger partial charge in [0.25, 0.3) is 0 Å². The number of hydrogen-bond acceptors (Lipinski definition) is 3. The van der Waals surface area contributed by atoms with Crippen LogP contribution in [0.5, 0.6) is 11.5 Å². The Hall–Kier alpha value is -2.55. The Morgan fingerprint density at radius 3 is 2.79 bits per heavy atom. The molecule has 0 saturated carbocycles. The third kappa shape index (κ3) is 2.22. The number of aryl methyl sites for hydroxylation is 1. The van der Waals surface area contributed by atoms with E-state index in [0.29, 0.717) is 11.4 Å². The van der Waals surface area contributed by atoms with Gasteiger partial charge in [-0.05, 0) is 36.8 Å². The second kappa shape index (κ2) is 4.61. The first-order valence-corrected chi connectivity index (χ1v) is 6.12. The summed E-state index contributed by atoms with van der Waals surface area (Å²) in [7, 11) is 0. The first kappa shape index (κ1) is 11.5. The zero-order valence-corrected chi connectivity index (χ0v) is 10.6. The molecule has 0 fully saturated rings. The summed E-state index contributed by atoms with van der Waals surface area (Å²) in [4.78, 5) is 4.32. The van der Waals surface area contributed by atoms with E-state index in [-0.39, 0.29) is 0 Å². The Labute approximate surface area is 111 Å². The van der Waals surface area contributed by atoms with E-state index in [1.165, 1.54) is 0 Å². The summed E-state index contributed by atoms with van der Waals surface area (Å²) in [6.07, 6.45) is 1.77. The van der Waals surface area contributed by atoms with Crippen molar-refractivity contribution in [1.29, 1.82) is 0 Å². The molecule has 3 nitrogen and oxygen atoms in total. The van der Waals surface area contributed by atoms with Crippen molar-refractivity contribution in [2.45, 2.75) is 6.92 Å². The van der Waals surface area contributed by atoms with Gasteiger partial charge in [-0.2, -0.15) is 0 Å². The molecule has 2 aromatic carbocycles. The standard InChI is InChI=1S/C16H14N2O/c1-11-4-2-6-14(17)16(11)19-13-8-7-12-5-3-9-18-15(12)10-13/h2-10H,17H2,1H3. The van der Waals surface area contributed by atoms with Gasteiger partial charge in [-0.25, -0.2) is 0 Å². The van der Waals surface area contributed by atoms with Gasteiger partial charge < -0.3 is 10.5 Å². The highest BCUT2D eigenvalue weighted by atomic mass is 16.5. The van der Waals surface area contributed by atoms with E-state index in [1.54, 1.807) is 6.20 Å². The fourth-order valence-electron chi connectivity index (χ4n) is 2.04. The molecule has 0 unspecified atom stereocenters. The number of fused-ring (bicyclic) bond motifs is 1. The van der Waals surface area contributed by atoms with Gasteiger partial charge >= 0.3 is 0 Å². The lowest BCUT2D eigenvalue weighted by Crippen LogP contribution is -1.94. The topological polar surface area (TPSA) is 48.1 Å². The third-order valence-electron chi connectivity index (χ3n) is 3.04. The van der Waals surface area contributed by atoms with Crippen molar-refractivity contribution in [2.24, 2.45) is 0 Å². The molecule has 0 saturated heterocycles. The van der Waals surface area contributed by atoms with E-state index in [2.05, 4.69) is 4.98 Å². The zero-order valence-electron chi connectivity index (χ0n) is 10.6. The minimum Gasteiger partial charge on any atom is -0.455 e. The fourth-order valence-corrected chi connectivity index (χ4v) is 2.04. The molecule has 0 bridgehead atoms. The van der Waals surface area contributed by atoms with E-state index in [1.807, 2.05) is 55.5 Å². The summed E-state index contributed by atoms with van der Waals surface area (Å²) in [5.74, 6) is 1.45. The van der Waals surface area contributed by atoms with Crippen LogP contribution in [0.2, 0.25) is 0 Å². The van der Waals surface area contributed by atoms with Gasteiger partial charge in [0.15, 0.2) is 5.75 Å². The van der Waals surface area contributed by atoms with Gasteiger partial charge in [0.05, 0.1) is 11.2 Å². The number of para-hydroxylation sites is 1. The second-order valence-corrected chi connectivity index (χ2v) is 4.45. The first-order chi connectivity index (χ1) is 9.24. The summed E-state index contributed by atoms with van der Waals surface area (Å²) in [6, 6.07) is 15.5. The molecule has 0 amide bonds. The summed E-state index contributed by atoms with van der Waals surface area (Å²) >= 11 is 0. The van der Waals surface area contributed by atoms with Crippen molar-refractivity contribution >= 4 is 16.6 Å². The minimum absolute atomic E-state index is 0.640. The molecular weight excluding hydrogens is 236 g/mol. The smallest absolute Gasteiger partial charge is 0.153 e. The van der Waals surface area contributed by atoms with E-state index in [0.717, 1.165) is 22.2 Å². The van der Waals surface area contributed by atoms with Crippen LogP contribution in [0.4, 0.5) is 5.69 Å². The number of rotatable bonds is 2. The molecule has 1 aromatic heterocycles. The van der Waals surface area contributed by atoms with E-state index in [4.69, 9.17) is 10.5 Å². The number of benzene rings is 2. The highest BCUT2D eigenvalue weighted by molar-refractivity contribution is 5.79. The van der Waals surface area contributed by atoms with Crippen LogP contribution in [-0.4, -0.2) is 4.98 Å². The maximum Gasteiger partial charge on any atom is 0.153 e. The molecule has 0 radical (unpaired) electrons. The van der Waals surface area contributed by atoms with Gasteiger partial charge in [-0.15, -0.1) is 0 Å². The van der Waals surface area contributed by atoms with Crippen LogP contribution in [0, 0.1) is 6.92 Å². The van der Waals surface area contributed by atoms with Crippen LogP contribution in [0.15, 0.2) is 54.7 Å². The summed E-state index contributed by atoms with van der Waals surface area (Å²) in [6.45, 7) is 1.98. The van der Waals surface area contributed by atoms with Crippen LogP contribution < -0.4 is 10.5 Å². The van der Waals surface area contributed by atoms with Crippen molar-refractivity contribution in [3.8, 4) is 11.5 Å². The van der Waals surface area contributed by atoms with Crippen molar-refractivity contribution in [3.05, 3.63) is 60.3 Å². The molecule has 0 aliphatic carbocycles. The van der Waals surface area contributed by atoms with E-state index in [9.17, 15) is 0 Å². The number of pyridine rings is 1. The predicted octanol–water partition coefficient (Wildman–Crippen LogP) is 3.92. The van der Waals surface area contributed by atoms with Crippen LogP contribution in [0.3, 0.4) is 0 Å². The van der Waals surface area contributed by atoms with Crippen molar-refractivity contribution in [1.82, 2.24) is 4.98 Å². The molecule has 0 atom stereocenters. The number of ether oxygens (including phenoxy) is 1. The second-order valence-electron chi connectivity index (χ2n) is 4.45. The van der Waals surface area contributed by atoms with Gasteiger partial charge in [0, 0.05) is 17.6 Å². The van der Waals surface area contributed by atoms with Crippen molar-refractivity contribution in [2.75, 3.05) is 5.73 Å². The lowest BCUT2D eigenvalue weighted by molar-refractivity contribution is 0.482. The molecule has 0 aliphatic heterocycles. The molecular formula is C16H14N2O. The zero-order chi connectivity index (χ0) is 13.2. The Morgan fingerprint density at radius 2 is 1.95 bits per heavy atom. The van der Waals surface area contributed by atoms with E-state index < -0.39 is 0 Å². The van der Waals surface area contributed by atoms with Crippen LogP contribution >= 0.6 is 0 Å². The molecule has 3 aromatic rings. The van der Waals surface area contributed by atoms with Gasteiger partial charge in [-0.1, -0.05) is 18.2 Å². The summed E-state index contributed by atoms with van der Waals surface area (Å²) < 4.78 is 5.88. The summed E-state index contributed by atoms with van der Waals surface area (Å²) in [5.41, 5.74) is 8.51. The average Bonchev–Trinajstić information content (AvgIpc) is 2.43. The highest BCUT2D eigenvalue weighted by Gasteiger charge is 2.06. The Morgan fingerprint density at radius 1 is 1.05 bits per heavy atom. The Balaban J connectivity index is 2.01. The molecule has 0 spiro atoms. The number of aromatic nitrogens is 1. The monoisotopic (exact) mass is 250 g/mol. The van der Waals surface area contributed by atoms with Gasteiger partial charge in [-0.3, -0.25) is 4.98 Å². The molecule has 1 heterocycles. The van der Waals surface area contributed by atoms with Crippen LogP contribution in [0.25, 0.3) is 10.9 Å². The number of nitrogens with two attached hydrogens (primary N) is 1. The number of hydrogen-bond donors (Lipinski definition) is 1. The number of anilines is 1.